The van der Waals surface area contributed by atoms with Gasteiger partial charge in [0.15, 0.2) is 8.68 Å². The Balaban J connectivity index is 2.20. The summed E-state index contributed by atoms with van der Waals surface area (Å²) >= 11 is 3.73. The zero-order valence-electron chi connectivity index (χ0n) is 11.6. The summed E-state index contributed by atoms with van der Waals surface area (Å²) in [4.78, 5) is -0.0485. The molecule has 2 aromatic rings. The van der Waals surface area contributed by atoms with Gasteiger partial charge in [0.25, 0.3) is 0 Å². The Hall–Kier alpha value is -0.700. The molecule has 0 aliphatic heterocycles. The Labute approximate surface area is 134 Å². The number of hydrogen-bond donors (Lipinski definition) is 1. The molecule has 0 radical (unpaired) electrons. The first-order valence-electron chi connectivity index (χ1n) is 6.32. The Morgan fingerprint density at radius 1 is 1.24 bits per heavy atom. The van der Waals surface area contributed by atoms with Crippen molar-refractivity contribution in [2.45, 2.75) is 39.4 Å². The molecule has 0 saturated carbocycles. The lowest BCUT2D eigenvalue weighted by molar-refractivity contribution is 0.533. The van der Waals surface area contributed by atoms with Crippen LogP contribution in [0.5, 0.6) is 0 Å². The van der Waals surface area contributed by atoms with E-state index in [1.807, 2.05) is 13.2 Å². The van der Waals surface area contributed by atoms with Crippen LogP contribution in [0.3, 0.4) is 0 Å². The molecule has 0 aliphatic carbocycles. The molecule has 0 aliphatic rings. The average Bonchev–Trinajstić information content (AvgIpc) is 2.90. The molecule has 1 aromatic heterocycles. The third kappa shape index (κ3) is 4.38. The lowest BCUT2D eigenvalue weighted by Crippen LogP contribution is -2.21. The molecule has 1 atom stereocenters. The van der Waals surface area contributed by atoms with Gasteiger partial charge in [-0.25, -0.2) is 8.78 Å². The molecule has 3 nitrogen and oxygen atoms in total. The van der Waals surface area contributed by atoms with Crippen molar-refractivity contribution >= 4 is 34.9 Å². The first kappa shape index (κ1) is 16.7. The minimum atomic E-state index is -0.584. The summed E-state index contributed by atoms with van der Waals surface area (Å²) < 4.78 is 29.5. The largest absolute Gasteiger partial charge is 0.327 e. The molecule has 1 heterocycles. The smallest absolute Gasteiger partial charge is 0.180 e. The van der Waals surface area contributed by atoms with Crippen molar-refractivity contribution in [2.24, 2.45) is 5.73 Å². The van der Waals surface area contributed by atoms with Crippen LogP contribution in [0, 0.1) is 11.6 Å². The summed E-state index contributed by atoms with van der Waals surface area (Å²) in [5.74, 6) is -1.17. The van der Waals surface area contributed by atoms with Crippen molar-refractivity contribution in [1.82, 2.24) is 10.2 Å². The summed E-state index contributed by atoms with van der Waals surface area (Å²) in [5, 5.41) is 7.81. The molecule has 0 fully saturated rings. The van der Waals surface area contributed by atoms with Gasteiger partial charge in [0.05, 0.1) is 4.90 Å². The van der Waals surface area contributed by atoms with Gasteiger partial charge in [-0.1, -0.05) is 41.8 Å². The highest BCUT2D eigenvalue weighted by molar-refractivity contribution is 8.03. The van der Waals surface area contributed by atoms with Gasteiger partial charge < -0.3 is 5.73 Å². The standard InChI is InChI=1S/C13H15F2N3S3/c1-3-8(16)4-7-5-9(14)11(10(15)6-7)20-13-18-17-12(19-2)21-13/h5-6,8H,3-4,16H2,1-2H3. The van der Waals surface area contributed by atoms with Crippen LogP contribution in [0.15, 0.2) is 25.7 Å². The molecule has 2 rings (SSSR count). The highest BCUT2D eigenvalue weighted by Gasteiger charge is 2.16. The first-order valence-corrected chi connectivity index (χ1v) is 9.18. The lowest BCUT2D eigenvalue weighted by Gasteiger charge is -2.10. The fourth-order valence-corrected chi connectivity index (χ4v) is 4.07. The molecule has 1 aromatic carbocycles. The summed E-state index contributed by atoms with van der Waals surface area (Å²) in [6.45, 7) is 1.94. The molecule has 21 heavy (non-hydrogen) atoms. The van der Waals surface area contributed by atoms with Crippen LogP contribution < -0.4 is 5.73 Å². The Morgan fingerprint density at radius 2 is 1.86 bits per heavy atom. The highest BCUT2D eigenvalue weighted by atomic mass is 32.2. The second-order valence-corrected chi connectivity index (χ2v) is 7.69. The number of nitrogens with zero attached hydrogens (tertiary/aromatic N) is 2. The Kier molecular flexibility index (Phi) is 5.98. The van der Waals surface area contributed by atoms with Crippen molar-refractivity contribution in [2.75, 3.05) is 6.26 Å². The van der Waals surface area contributed by atoms with Crippen LogP contribution in [0.4, 0.5) is 8.78 Å². The molecule has 0 saturated heterocycles. The molecule has 0 spiro atoms. The fourth-order valence-electron chi connectivity index (χ4n) is 1.68. The second kappa shape index (κ2) is 7.53. The van der Waals surface area contributed by atoms with Gasteiger partial charge in [-0.05, 0) is 36.8 Å². The zero-order valence-corrected chi connectivity index (χ0v) is 14.0. The van der Waals surface area contributed by atoms with Gasteiger partial charge in [-0.2, -0.15) is 0 Å². The number of rotatable bonds is 6. The average molecular weight is 347 g/mol. The quantitative estimate of drug-likeness (QED) is 0.801. The fraction of sp³-hybridized carbons (Fsp3) is 0.385. The summed E-state index contributed by atoms with van der Waals surface area (Å²) in [6.07, 6.45) is 3.11. The third-order valence-electron chi connectivity index (χ3n) is 2.83. The molecule has 8 heteroatoms. The van der Waals surface area contributed by atoms with E-state index in [1.165, 1.54) is 35.2 Å². The molecular formula is C13H15F2N3S3. The third-order valence-corrected chi connectivity index (χ3v) is 5.88. The number of halogens is 2. The summed E-state index contributed by atoms with van der Waals surface area (Å²) in [6, 6.07) is 2.60. The van der Waals surface area contributed by atoms with Gasteiger partial charge >= 0.3 is 0 Å². The maximum atomic E-state index is 14.1. The van der Waals surface area contributed by atoms with Crippen molar-refractivity contribution in [3.05, 3.63) is 29.3 Å². The van der Waals surface area contributed by atoms with Crippen LogP contribution in [-0.4, -0.2) is 22.5 Å². The highest BCUT2D eigenvalue weighted by Crippen LogP contribution is 2.36. The van der Waals surface area contributed by atoms with Gasteiger partial charge in [0.2, 0.25) is 0 Å². The van der Waals surface area contributed by atoms with Crippen molar-refractivity contribution in [3.63, 3.8) is 0 Å². The maximum absolute atomic E-state index is 14.1. The Bertz CT molecular complexity index is 595. The van der Waals surface area contributed by atoms with Crippen LogP contribution >= 0.6 is 34.9 Å². The van der Waals surface area contributed by atoms with E-state index >= 15 is 0 Å². The summed E-state index contributed by atoms with van der Waals surface area (Å²) in [5.41, 5.74) is 6.39. The Morgan fingerprint density at radius 3 is 2.38 bits per heavy atom. The van der Waals surface area contributed by atoms with Gasteiger partial charge in [-0.3, -0.25) is 0 Å². The number of benzene rings is 1. The van der Waals surface area contributed by atoms with Gasteiger partial charge in [-0.15, -0.1) is 10.2 Å². The maximum Gasteiger partial charge on any atom is 0.180 e. The second-order valence-electron chi connectivity index (χ2n) is 4.40. The molecule has 0 amide bonds. The molecule has 1 unspecified atom stereocenters. The van der Waals surface area contributed by atoms with Crippen molar-refractivity contribution in [1.29, 1.82) is 0 Å². The SMILES string of the molecule is CCC(N)Cc1cc(F)c(Sc2nnc(SC)s2)c(F)c1. The van der Waals surface area contributed by atoms with E-state index in [0.717, 1.165) is 22.5 Å². The van der Waals surface area contributed by atoms with Crippen LogP contribution in [0.1, 0.15) is 18.9 Å². The summed E-state index contributed by atoms with van der Waals surface area (Å²) in [7, 11) is 0. The van der Waals surface area contributed by atoms with Gasteiger partial charge in [0.1, 0.15) is 11.6 Å². The molecule has 2 N–H and O–H groups in total. The minimum absolute atomic E-state index is 0.0485. The first-order chi connectivity index (χ1) is 10.0. The van der Waals surface area contributed by atoms with E-state index in [0.29, 0.717) is 16.3 Å². The topological polar surface area (TPSA) is 51.8 Å². The monoisotopic (exact) mass is 347 g/mol. The lowest BCUT2D eigenvalue weighted by atomic mass is 10.0. The molecule has 114 valence electrons. The predicted octanol–water partition coefficient (Wildman–Crippen LogP) is 3.97. The predicted molar refractivity (Wildman–Crippen MR) is 84.1 cm³/mol. The van der Waals surface area contributed by atoms with E-state index < -0.39 is 11.6 Å². The van der Waals surface area contributed by atoms with E-state index in [2.05, 4.69) is 10.2 Å². The van der Waals surface area contributed by atoms with Crippen molar-refractivity contribution < 1.29 is 8.78 Å². The van der Waals surface area contributed by atoms with E-state index in [9.17, 15) is 8.78 Å². The minimum Gasteiger partial charge on any atom is -0.327 e. The van der Waals surface area contributed by atoms with Crippen molar-refractivity contribution in [3.8, 4) is 0 Å². The van der Waals surface area contributed by atoms with E-state index in [-0.39, 0.29) is 10.9 Å². The van der Waals surface area contributed by atoms with E-state index in [4.69, 9.17) is 5.73 Å². The molecule has 0 bridgehead atoms. The molecular weight excluding hydrogens is 332 g/mol. The number of nitrogens with two attached hydrogens (primary N) is 1. The van der Waals surface area contributed by atoms with Crippen LogP contribution in [0.2, 0.25) is 0 Å². The normalized spacial score (nSPS) is 12.6. The number of aromatic nitrogens is 2. The van der Waals surface area contributed by atoms with E-state index in [1.54, 1.807) is 0 Å². The zero-order chi connectivity index (χ0) is 15.4. The number of thioether (sulfide) groups is 1. The van der Waals surface area contributed by atoms with Crippen LogP contribution in [-0.2, 0) is 6.42 Å². The van der Waals surface area contributed by atoms with Crippen LogP contribution in [0.25, 0.3) is 0 Å². The number of hydrogen-bond acceptors (Lipinski definition) is 6. The van der Waals surface area contributed by atoms with Gasteiger partial charge in [0, 0.05) is 6.04 Å².